The Morgan fingerprint density at radius 3 is 2.26 bits per heavy atom. The highest BCUT2D eigenvalue weighted by atomic mass is 15.0. The minimum Gasteiger partial charge on any atom is -0.311 e. The van der Waals surface area contributed by atoms with Gasteiger partial charge in [-0.25, -0.2) is 0 Å². The van der Waals surface area contributed by atoms with Crippen LogP contribution in [0.4, 0.5) is 0 Å². The Bertz CT molecular complexity index is 390. The lowest BCUT2D eigenvalue weighted by Crippen LogP contribution is -2.43. The SMILES string of the molecule is CC(C)(C)NCC1=C2C=C[C@H](C2)[C@@H]1CNC(C)(C)C. The molecule has 0 spiro atoms. The first-order valence-corrected chi connectivity index (χ1v) is 7.56. The van der Waals surface area contributed by atoms with Crippen molar-refractivity contribution in [2.45, 2.75) is 59.0 Å². The second-order valence-electron chi connectivity index (χ2n) is 8.12. The van der Waals surface area contributed by atoms with Gasteiger partial charge in [-0.3, -0.25) is 0 Å². The Labute approximate surface area is 118 Å². The van der Waals surface area contributed by atoms with Crippen LogP contribution in [-0.2, 0) is 0 Å². The maximum Gasteiger partial charge on any atom is 0.0178 e. The summed E-state index contributed by atoms with van der Waals surface area (Å²) in [7, 11) is 0. The van der Waals surface area contributed by atoms with Gasteiger partial charge in [0.25, 0.3) is 0 Å². The van der Waals surface area contributed by atoms with Gasteiger partial charge >= 0.3 is 0 Å². The highest BCUT2D eigenvalue weighted by molar-refractivity contribution is 5.42. The van der Waals surface area contributed by atoms with E-state index in [9.17, 15) is 0 Å². The zero-order valence-corrected chi connectivity index (χ0v) is 13.4. The average molecular weight is 262 g/mol. The maximum absolute atomic E-state index is 3.68. The van der Waals surface area contributed by atoms with E-state index in [0.29, 0.717) is 5.92 Å². The summed E-state index contributed by atoms with van der Waals surface area (Å²) in [5, 5.41) is 7.34. The maximum atomic E-state index is 3.68. The largest absolute Gasteiger partial charge is 0.311 e. The van der Waals surface area contributed by atoms with Crippen LogP contribution in [0.5, 0.6) is 0 Å². The molecule has 0 aromatic carbocycles. The quantitative estimate of drug-likeness (QED) is 0.812. The van der Waals surface area contributed by atoms with Crippen molar-refractivity contribution < 1.29 is 0 Å². The summed E-state index contributed by atoms with van der Waals surface area (Å²) in [6.45, 7) is 15.6. The van der Waals surface area contributed by atoms with Gasteiger partial charge in [-0.2, -0.15) is 0 Å². The number of fused-ring (bicyclic) bond motifs is 2. The van der Waals surface area contributed by atoms with Gasteiger partial charge in [-0.05, 0) is 65.0 Å². The van der Waals surface area contributed by atoms with E-state index in [1.54, 1.807) is 11.1 Å². The van der Waals surface area contributed by atoms with Crippen molar-refractivity contribution in [1.82, 2.24) is 10.6 Å². The molecule has 0 aromatic rings. The topological polar surface area (TPSA) is 24.1 Å². The molecule has 2 atom stereocenters. The van der Waals surface area contributed by atoms with Crippen molar-refractivity contribution in [3.05, 3.63) is 23.3 Å². The van der Waals surface area contributed by atoms with E-state index < -0.39 is 0 Å². The van der Waals surface area contributed by atoms with Crippen molar-refractivity contribution in [1.29, 1.82) is 0 Å². The summed E-state index contributed by atoms with van der Waals surface area (Å²) in [5.74, 6) is 1.43. The fourth-order valence-corrected chi connectivity index (χ4v) is 2.94. The minimum absolute atomic E-state index is 0.196. The number of nitrogens with one attached hydrogen (secondary N) is 2. The first kappa shape index (κ1) is 14.8. The molecule has 2 nitrogen and oxygen atoms in total. The van der Waals surface area contributed by atoms with Crippen LogP contribution >= 0.6 is 0 Å². The van der Waals surface area contributed by atoms with Gasteiger partial charge in [-0.1, -0.05) is 12.2 Å². The molecule has 2 heteroatoms. The van der Waals surface area contributed by atoms with Gasteiger partial charge in [0.1, 0.15) is 0 Å². The van der Waals surface area contributed by atoms with E-state index in [-0.39, 0.29) is 11.1 Å². The van der Waals surface area contributed by atoms with Crippen molar-refractivity contribution >= 4 is 0 Å². The fourth-order valence-electron chi connectivity index (χ4n) is 2.94. The van der Waals surface area contributed by atoms with Crippen LogP contribution in [0.1, 0.15) is 48.0 Å². The molecule has 0 aromatic heterocycles. The number of hydrogen-bond donors (Lipinski definition) is 2. The third kappa shape index (κ3) is 3.93. The highest BCUT2D eigenvalue weighted by Crippen LogP contribution is 2.43. The van der Waals surface area contributed by atoms with E-state index >= 15 is 0 Å². The van der Waals surface area contributed by atoms with Crippen LogP contribution in [0.25, 0.3) is 0 Å². The summed E-state index contributed by atoms with van der Waals surface area (Å²) in [5.41, 5.74) is 3.63. The van der Waals surface area contributed by atoms with Gasteiger partial charge in [-0.15, -0.1) is 0 Å². The Morgan fingerprint density at radius 2 is 1.68 bits per heavy atom. The van der Waals surface area contributed by atoms with Crippen LogP contribution in [0.2, 0.25) is 0 Å². The average Bonchev–Trinajstić information content (AvgIpc) is 2.81. The first-order chi connectivity index (χ1) is 8.66. The molecule has 0 radical (unpaired) electrons. The van der Waals surface area contributed by atoms with Crippen LogP contribution in [0, 0.1) is 11.8 Å². The highest BCUT2D eigenvalue weighted by Gasteiger charge is 2.36. The van der Waals surface area contributed by atoms with Gasteiger partial charge in [0.15, 0.2) is 0 Å². The van der Waals surface area contributed by atoms with Crippen molar-refractivity contribution in [2.75, 3.05) is 13.1 Å². The zero-order valence-electron chi connectivity index (χ0n) is 13.4. The molecule has 0 saturated heterocycles. The smallest absolute Gasteiger partial charge is 0.0178 e. The van der Waals surface area contributed by atoms with Crippen LogP contribution in [0.15, 0.2) is 23.3 Å². The molecular weight excluding hydrogens is 232 g/mol. The van der Waals surface area contributed by atoms with Gasteiger partial charge < -0.3 is 10.6 Å². The standard InChI is InChI=1S/C17H30N2/c1-16(2,3)18-10-14-12-7-8-13(9-12)15(14)11-19-17(4,5)6/h7-8,12,14,18-19H,9-11H2,1-6H3/t12-,14+/m1/s1. The summed E-state index contributed by atoms with van der Waals surface area (Å²) in [4.78, 5) is 0. The van der Waals surface area contributed by atoms with Gasteiger partial charge in [0, 0.05) is 30.1 Å². The van der Waals surface area contributed by atoms with E-state index in [4.69, 9.17) is 0 Å². The molecule has 0 unspecified atom stereocenters. The Morgan fingerprint density at radius 1 is 1.05 bits per heavy atom. The second kappa shape index (κ2) is 5.06. The van der Waals surface area contributed by atoms with Crippen LogP contribution in [0.3, 0.4) is 0 Å². The lowest BCUT2D eigenvalue weighted by atomic mass is 9.88. The molecule has 108 valence electrons. The monoisotopic (exact) mass is 262 g/mol. The minimum atomic E-state index is 0.196. The van der Waals surface area contributed by atoms with Crippen molar-refractivity contribution in [2.24, 2.45) is 11.8 Å². The lowest BCUT2D eigenvalue weighted by Gasteiger charge is -2.30. The van der Waals surface area contributed by atoms with E-state index in [2.05, 4.69) is 64.3 Å². The van der Waals surface area contributed by atoms with Crippen molar-refractivity contribution in [3.63, 3.8) is 0 Å². The predicted molar refractivity (Wildman–Crippen MR) is 83.3 cm³/mol. The molecular formula is C17H30N2. The third-order valence-electron chi connectivity index (χ3n) is 4.04. The fraction of sp³-hybridized carbons (Fsp3) is 0.765. The lowest BCUT2D eigenvalue weighted by molar-refractivity contribution is 0.354. The normalized spacial score (nSPS) is 26.6. The van der Waals surface area contributed by atoms with E-state index in [0.717, 1.165) is 19.0 Å². The summed E-state index contributed by atoms with van der Waals surface area (Å²) < 4.78 is 0. The second-order valence-corrected chi connectivity index (χ2v) is 8.12. The first-order valence-electron chi connectivity index (χ1n) is 7.56. The number of rotatable bonds is 4. The third-order valence-corrected chi connectivity index (χ3v) is 4.04. The molecule has 2 N–H and O–H groups in total. The zero-order chi connectivity index (χ0) is 14.3. The summed E-state index contributed by atoms with van der Waals surface area (Å²) >= 11 is 0. The van der Waals surface area contributed by atoms with Crippen LogP contribution in [-0.4, -0.2) is 24.2 Å². The molecule has 0 saturated carbocycles. The van der Waals surface area contributed by atoms with Crippen LogP contribution < -0.4 is 10.6 Å². The van der Waals surface area contributed by atoms with E-state index in [1.165, 1.54) is 6.42 Å². The molecule has 2 aliphatic rings. The molecule has 19 heavy (non-hydrogen) atoms. The Kier molecular flexibility index (Phi) is 3.95. The summed E-state index contributed by atoms with van der Waals surface area (Å²) in [6, 6.07) is 0. The molecule has 2 rings (SSSR count). The number of hydrogen-bond acceptors (Lipinski definition) is 2. The predicted octanol–water partition coefficient (Wildman–Crippen LogP) is 3.27. The molecule has 2 bridgehead atoms. The molecule has 2 aliphatic carbocycles. The van der Waals surface area contributed by atoms with Gasteiger partial charge in [0.05, 0.1) is 0 Å². The van der Waals surface area contributed by atoms with Crippen molar-refractivity contribution in [3.8, 4) is 0 Å². The summed E-state index contributed by atoms with van der Waals surface area (Å²) in [6.07, 6.45) is 6.01. The molecule has 0 heterocycles. The molecule has 0 fully saturated rings. The molecule has 0 amide bonds. The Balaban J connectivity index is 2.00. The Hall–Kier alpha value is -0.600. The van der Waals surface area contributed by atoms with E-state index in [1.807, 2.05) is 0 Å². The number of allylic oxidation sites excluding steroid dienone is 3. The molecule has 0 aliphatic heterocycles. The van der Waals surface area contributed by atoms with Gasteiger partial charge in [0.2, 0.25) is 0 Å².